The second kappa shape index (κ2) is 5.20. The van der Waals surface area contributed by atoms with Crippen molar-refractivity contribution in [1.29, 1.82) is 0 Å². The Labute approximate surface area is 101 Å². The quantitative estimate of drug-likeness (QED) is 0.673. The van der Waals surface area contributed by atoms with Crippen LogP contribution in [0.1, 0.15) is 24.0 Å². The smallest absolute Gasteiger partial charge is 0.145 e. The van der Waals surface area contributed by atoms with Crippen molar-refractivity contribution in [3.05, 3.63) is 29.1 Å². The van der Waals surface area contributed by atoms with Crippen LogP contribution in [-0.2, 0) is 0 Å². The van der Waals surface area contributed by atoms with Gasteiger partial charge in [0, 0.05) is 11.5 Å². The Morgan fingerprint density at radius 1 is 1.35 bits per heavy atom. The number of benzene rings is 1. The zero-order valence-corrected chi connectivity index (χ0v) is 9.89. The highest BCUT2D eigenvalue weighted by atomic mass is 19.1. The summed E-state index contributed by atoms with van der Waals surface area (Å²) >= 11 is 0. The van der Waals surface area contributed by atoms with E-state index >= 15 is 0 Å². The molecule has 0 atom stereocenters. The molecular weight excluding hydrogens is 217 g/mol. The molecule has 2 N–H and O–H groups in total. The highest BCUT2D eigenvalue weighted by Gasteiger charge is 2.10. The summed E-state index contributed by atoms with van der Waals surface area (Å²) in [6.45, 7) is 3.52. The molecule has 1 saturated heterocycles. The number of nitrogens with one attached hydrogen (secondary N) is 1. The van der Waals surface area contributed by atoms with Gasteiger partial charge in [-0.3, -0.25) is 0 Å². The van der Waals surface area contributed by atoms with Gasteiger partial charge in [-0.05, 0) is 45.0 Å². The number of halogens is 1. The molecular formula is C14H16FNO. The van der Waals surface area contributed by atoms with Crippen LogP contribution in [0.4, 0.5) is 4.39 Å². The number of hydrogen-bond donors (Lipinski definition) is 2. The molecule has 1 aliphatic rings. The number of rotatable bonds is 0. The molecule has 2 rings (SSSR count). The molecule has 1 fully saturated rings. The van der Waals surface area contributed by atoms with Crippen LogP contribution in [0, 0.1) is 30.5 Å². The lowest BCUT2D eigenvalue weighted by molar-refractivity contribution is 0.447. The SMILES string of the molecule is Cc1c(O)ccc(C#CC2CCNCC2)c1F. The average Bonchev–Trinajstić information content (AvgIpc) is 2.36. The van der Waals surface area contributed by atoms with E-state index in [1.54, 1.807) is 6.92 Å². The number of aromatic hydroxyl groups is 1. The summed E-state index contributed by atoms with van der Waals surface area (Å²) in [5.41, 5.74) is 0.640. The van der Waals surface area contributed by atoms with Crippen molar-refractivity contribution in [1.82, 2.24) is 5.32 Å². The van der Waals surface area contributed by atoms with Crippen molar-refractivity contribution in [3.63, 3.8) is 0 Å². The average molecular weight is 233 g/mol. The molecule has 0 saturated carbocycles. The minimum atomic E-state index is -0.411. The third kappa shape index (κ3) is 2.78. The predicted molar refractivity (Wildman–Crippen MR) is 65.3 cm³/mol. The van der Waals surface area contributed by atoms with Crippen molar-refractivity contribution < 1.29 is 9.50 Å². The van der Waals surface area contributed by atoms with E-state index < -0.39 is 5.82 Å². The third-order valence-corrected chi connectivity index (χ3v) is 3.11. The van der Waals surface area contributed by atoms with Gasteiger partial charge in [0.15, 0.2) is 0 Å². The van der Waals surface area contributed by atoms with E-state index in [0.29, 0.717) is 11.5 Å². The fourth-order valence-corrected chi connectivity index (χ4v) is 1.92. The maximum absolute atomic E-state index is 13.7. The molecule has 1 heterocycles. The van der Waals surface area contributed by atoms with Gasteiger partial charge in [-0.25, -0.2) is 4.39 Å². The summed E-state index contributed by atoms with van der Waals surface area (Å²) in [6, 6.07) is 3.02. The lowest BCUT2D eigenvalue weighted by atomic mass is 9.98. The van der Waals surface area contributed by atoms with E-state index in [1.807, 2.05) is 0 Å². The molecule has 90 valence electrons. The van der Waals surface area contributed by atoms with Crippen LogP contribution in [0.5, 0.6) is 5.75 Å². The first-order valence-electron chi connectivity index (χ1n) is 5.89. The summed E-state index contributed by atoms with van der Waals surface area (Å²) in [5.74, 6) is 5.92. The van der Waals surface area contributed by atoms with E-state index in [-0.39, 0.29) is 11.3 Å². The maximum Gasteiger partial charge on any atom is 0.145 e. The molecule has 0 bridgehead atoms. The molecule has 0 aromatic heterocycles. The van der Waals surface area contributed by atoms with Crippen LogP contribution in [0.25, 0.3) is 0 Å². The molecule has 2 nitrogen and oxygen atoms in total. The lowest BCUT2D eigenvalue weighted by Gasteiger charge is -2.17. The van der Waals surface area contributed by atoms with Gasteiger partial charge >= 0.3 is 0 Å². The zero-order valence-electron chi connectivity index (χ0n) is 9.89. The zero-order chi connectivity index (χ0) is 12.3. The first-order valence-corrected chi connectivity index (χ1v) is 5.89. The Morgan fingerprint density at radius 3 is 2.76 bits per heavy atom. The highest BCUT2D eigenvalue weighted by Crippen LogP contribution is 2.21. The summed E-state index contributed by atoms with van der Waals surface area (Å²) in [7, 11) is 0. The molecule has 0 aliphatic carbocycles. The van der Waals surface area contributed by atoms with Crippen LogP contribution in [0.3, 0.4) is 0 Å². The van der Waals surface area contributed by atoms with Gasteiger partial charge in [0.1, 0.15) is 11.6 Å². The summed E-state index contributed by atoms with van der Waals surface area (Å²) < 4.78 is 13.7. The minimum absolute atomic E-state index is 0.0186. The van der Waals surface area contributed by atoms with E-state index in [2.05, 4.69) is 17.2 Å². The fraction of sp³-hybridized carbons (Fsp3) is 0.429. The standard InChI is InChI=1S/C14H16FNO/c1-10-13(17)5-4-12(14(10)15)3-2-11-6-8-16-9-7-11/h4-5,11,16-17H,6-9H2,1H3. The van der Waals surface area contributed by atoms with Gasteiger partial charge in [0.05, 0.1) is 5.56 Å². The van der Waals surface area contributed by atoms with Crippen molar-refractivity contribution >= 4 is 0 Å². The van der Waals surface area contributed by atoms with Crippen molar-refractivity contribution in [2.24, 2.45) is 5.92 Å². The molecule has 0 radical (unpaired) electrons. The molecule has 17 heavy (non-hydrogen) atoms. The summed E-state index contributed by atoms with van der Waals surface area (Å²) in [6.07, 6.45) is 2.04. The molecule has 0 unspecified atom stereocenters. The normalized spacial score (nSPS) is 16.4. The minimum Gasteiger partial charge on any atom is -0.508 e. The first kappa shape index (κ1) is 11.9. The molecule has 0 spiro atoms. The topological polar surface area (TPSA) is 32.3 Å². The van der Waals surface area contributed by atoms with Gasteiger partial charge in [0.25, 0.3) is 0 Å². The van der Waals surface area contributed by atoms with Gasteiger partial charge < -0.3 is 10.4 Å². The number of hydrogen-bond acceptors (Lipinski definition) is 2. The number of phenols is 1. The van der Waals surface area contributed by atoms with E-state index in [1.165, 1.54) is 12.1 Å². The summed E-state index contributed by atoms with van der Waals surface area (Å²) in [4.78, 5) is 0. The molecule has 1 aliphatic heterocycles. The van der Waals surface area contributed by atoms with Crippen molar-refractivity contribution in [2.75, 3.05) is 13.1 Å². The van der Waals surface area contributed by atoms with Crippen LogP contribution >= 0.6 is 0 Å². The Hall–Kier alpha value is -1.53. The van der Waals surface area contributed by atoms with Crippen LogP contribution < -0.4 is 5.32 Å². The first-order chi connectivity index (χ1) is 8.18. The van der Waals surface area contributed by atoms with Crippen molar-refractivity contribution in [2.45, 2.75) is 19.8 Å². The fourth-order valence-electron chi connectivity index (χ4n) is 1.92. The van der Waals surface area contributed by atoms with Gasteiger partial charge in [0.2, 0.25) is 0 Å². The van der Waals surface area contributed by atoms with Gasteiger partial charge in [-0.1, -0.05) is 11.8 Å². The highest BCUT2D eigenvalue weighted by molar-refractivity contribution is 5.44. The van der Waals surface area contributed by atoms with E-state index in [0.717, 1.165) is 25.9 Å². The second-order valence-corrected chi connectivity index (χ2v) is 4.36. The largest absolute Gasteiger partial charge is 0.508 e. The Kier molecular flexibility index (Phi) is 3.65. The Bertz CT molecular complexity index is 467. The lowest BCUT2D eigenvalue weighted by Crippen LogP contribution is -2.26. The molecule has 1 aromatic rings. The van der Waals surface area contributed by atoms with Crippen LogP contribution in [0.15, 0.2) is 12.1 Å². The maximum atomic E-state index is 13.7. The van der Waals surface area contributed by atoms with Gasteiger partial charge in [-0.2, -0.15) is 0 Å². The Morgan fingerprint density at radius 2 is 2.06 bits per heavy atom. The predicted octanol–water partition coefficient (Wildman–Crippen LogP) is 2.19. The van der Waals surface area contributed by atoms with Gasteiger partial charge in [-0.15, -0.1) is 0 Å². The molecule has 0 amide bonds. The number of piperidine rings is 1. The monoisotopic (exact) mass is 233 g/mol. The van der Waals surface area contributed by atoms with E-state index in [4.69, 9.17) is 0 Å². The summed E-state index contributed by atoms with van der Waals surface area (Å²) in [5, 5.41) is 12.6. The third-order valence-electron chi connectivity index (χ3n) is 3.11. The molecule has 3 heteroatoms. The number of phenolic OH excluding ortho intramolecular Hbond substituents is 1. The Balaban J connectivity index is 2.18. The van der Waals surface area contributed by atoms with Crippen LogP contribution in [-0.4, -0.2) is 18.2 Å². The van der Waals surface area contributed by atoms with Crippen molar-refractivity contribution in [3.8, 4) is 17.6 Å². The molecule has 1 aromatic carbocycles. The second-order valence-electron chi connectivity index (χ2n) is 4.36. The van der Waals surface area contributed by atoms with Crippen LogP contribution in [0.2, 0.25) is 0 Å². The van der Waals surface area contributed by atoms with E-state index in [9.17, 15) is 9.50 Å².